The van der Waals surface area contributed by atoms with E-state index >= 15 is 4.39 Å². The predicted molar refractivity (Wildman–Crippen MR) is 113 cm³/mol. The van der Waals surface area contributed by atoms with Gasteiger partial charge in [-0.05, 0) is 44.0 Å². The summed E-state index contributed by atoms with van der Waals surface area (Å²) in [5, 5.41) is 15.3. The second kappa shape index (κ2) is 10.5. The van der Waals surface area contributed by atoms with Crippen molar-refractivity contribution >= 4 is 11.6 Å². The Labute approximate surface area is 181 Å². The average molecular weight is 440 g/mol. The van der Waals surface area contributed by atoms with Gasteiger partial charge in [0.25, 0.3) is 0 Å². The van der Waals surface area contributed by atoms with Gasteiger partial charge in [0.05, 0.1) is 0 Å². The Kier molecular flexibility index (Phi) is 8.06. The average Bonchev–Trinajstić information content (AvgIpc) is 2.77. The lowest BCUT2D eigenvalue weighted by atomic mass is 9.72. The molecule has 0 saturated carbocycles. The number of ether oxygens (including phenoxy) is 2. The molecule has 1 saturated heterocycles. The molecule has 7 heteroatoms. The van der Waals surface area contributed by atoms with E-state index in [1.807, 2.05) is 6.07 Å². The van der Waals surface area contributed by atoms with Crippen molar-refractivity contribution in [2.75, 3.05) is 26.1 Å². The Morgan fingerprint density at radius 3 is 2.63 bits per heavy atom. The molecule has 1 fully saturated rings. The molecule has 0 bridgehead atoms. The highest BCUT2D eigenvalue weighted by atomic mass is 35.5. The van der Waals surface area contributed by atoms with Gasteiger partial charge in [-0.15, -0.1) is 11.6 Å². The standard InChI is InChI=1S/C23H28ClF2NO3/c1-29-22(20(26)12-13-24)23(28,16-7-6-14-27-15-16)18-10-5-11-19(25)21(18)30-17-8-3-2-4-9-17/h2-5,8-11,16,20,22,27-28H,6-7,12-15H2,1H3/t16-,20?,22?,23?/m1/s1. The molecular weight excluding hydrogens is 412 g/mol. The highest BCUT2D eigenvalue weighted by Gasteiger charge is 2.51. The SMILES string of the molecule is COC(C(F)CCCl)C(O)(c1cccc(F)c1Oc1ccccc1)[C@@H]1CCCNC1. The van der Waals surface area contributed by atoms with Gasteiger partial charge >= 0.3 is 0 Å². The van der Waals surface area contributed by atoms with E-state index in [2.05, 4.69) is 5.32 Å². The van der Waals surface area contributed by atoms with Crippen LogP contribution in [-0.4, -0.2) is 43.5 Å². The van der Waals surface area contributed by atoms with Crippen LogP contribution >= 0.6 is 11.6 Å². The summed E-state index contributed by atoms with van der Waals surface area (Å²) in [5.74, 6) is -0.668. The summed E-state index contributed by atoms with van der Waals surface area (Å²) in [7, 11) is 1.35. The van der Waals surface area contributed by atoms with Crippen molar-refractivity contribution in [2.45, 2.75) is 37.1 Å². The number of nitrogens with one attached hydrogen (secondary N) is 1. The maximum absolute atomic E-state index is 15.1. The number of hydrogen-bond acceptors (Lipinski definition) is 4. The van der Waals surface area contributed by atoms with E-state index in [4.69, 9.17) is 21.1 Å². The fourth-order valence-electron chi connectivity index (χ4n) is 4.23. The number of halogens is 3. The van der Waals surface area contributed by atoms with Gasteiger partial charge in [-0.1, -0.05) is 30.3 Å². The van der Waals surface area contributed by atoms with Crippen LogP contribution in [0.25, 0.3) is 0 Å². The van der Waals surface area contributed by atoms with Crippen LogP contribution in [0, 0.1) is 11.7 Å². The van der Waals surface area contributed by atoms with Crippen LogP contribution < -0.4 is 10.1 Å². The molecule has 1 heterocycles. The highest BCUT2D eigenvalue weighted by Crippen LogP contribution is 2.46. The second-order valence-corrected chi connectivity index (χ2v) is 7.93. The van der Waals surface area contributed by atoms with E-state index < -0.39 is 29.6 Å². The van der Waals surface area contributed by atoms with Gasteiger partial charge in [0.1, 0.15) is 23.6 Å². The minimum absolute atomic E-state index is 0.00666. The van der Waals surface area contributed by atoms with Crippen LogP contribution in [0.3, 0.4) is 0 Å². The Morgan fingerprint density at radius 1 is 1.23 bits per heavy atom. The number of methoxy groups -OCH3 is 1. The lowest BCUT2D eigenvalue weighted by Gasteiger charge is -2.45. The molecule has 0 amide bonds. The molecule has 4 atom stereocenters. The van der Waals surface area contributed by atoms with Crippen molar-refractivity contribution < 1.29 is 23.4 Å². The smallest absolute Gasteiger partial charge is 0.169 e. The third kappa shape index (κ3) is 4.78. The summed E-state index contributed by atoms with van der Waals surface area (Å²) in [6.45, 7) is 1.26. The summed E-state index contributed by atoms with van der Waals surface area (Å²) >= 11 is 5.77. The van der Waals surface area contributed by atoms with Crippen LogP contribution in [0.2, 0.25) is 0 Å². The van der Waals surface area contributed by atoms with E-state index in [1.54, 1.807) is 30.3 Å². The minimum Gasteiger partial charge on any atom is -0.454 e. The summed E-state index contributed by atoms with van der Waals surface area (Å²) in [4.78, 5) is 0. The van der Waals surface area contributed by atoms with Crippen molar-refractivity contribution in [1.29, 1.82) is 0 Å². The van der Waals surface area contributed by atoms with Crippen molar-refractivity contribution in [2.24, 2.45) is 5.92 Å². The van der Waals surface area contributed by atoms with E-state index in [0.717, 1.165) is 13.0 Å². The molecular formula is C23H28ClF2NO3. The Morgan fingerprint density at radius 2 is 2.00 bits per heavy atom. The predicted octanol–water partition coefficient (Wildman–Crippen LogP) is 4.79. The molecule has 0 aromatic heterocycles. The molecule has 30 heavy (non-hydrogen) atoms. The summed E-state index contributed by atoms with van der Waals surface area (Å²) < 4.78 is 41.4. The van der Waals surface area contributed by atoms with Crippen LogP contribution in [0.4, 0.5) is 8.78 Å². The molecule has 4 nitrogen and oxygen atoms in total. The van der Waals surface area contributed by atoms with Crippen LogP contribution in [0.1, 0.15) is 24.8 Å². The second-order valence-electron chi connectivity index (χ2n) is 7.55. The summed E-state index contributed by atoms with van der Waals surface area (Å²) in [5.41, 5.74) is -1.65. The Bertz CT molecular complexity index is 804. The molecule has 0 radical (unpaired) electrons. The maximum Gasteiger partial charge on any atom is 0.169 e. The van der Waals surface area contributed by atoms with Gasteiger partial charge in [0.2, 0.25) is 0 Å². The molecule has 0 aliphatic carbocycles. The first-order valence-corrected chi connectivity index (χ1v) is 10.7. The van der Waals surface area contributed by atoms with Crippen molar-refractivity contribution in [1.82, 2.24) is 5.32 Å². The minimum atomic E-state index is -1.82. The number of piperidine rings is 1. The fraction of sp³-hybridized carbons (Fsp3) is 0.478. The zero-order chi connectivity index (χ0) is 21.6. The monoisotopic (exact) mass is 439 g/mol. The molecule has 3 rings (SSSR count). The largest absolute Gasteiger partial charge is 0.454 e. The molecule has 2 aromatic rings. The number of hydrogen-bond donors (Lipinski definition) is 2. The van der Waals surface area contributed by atoms with Gasteiger partial charge in [-0.25, -0.2) is 8.78 Å². The van der Waals surface area contributed by atoms with E-state index in [-0.39, 0.29) is 23.6 Å². The van der Waals surface area contributed by atoms with Gasteiger partial charge in [0.15, 0.2) is 11.6 Å². The highest BCUT2D eigenvalue weighted by molar-refractivity contribution is 6.17. The molecule has 3 unspecified atom stereocenters. The maximum atomic E-state index is 15.1. The van der Waals surface area contributed by atoms with E-state index in [0.29, 0.717) is 18.7 Å². The van der Waals surface area contributed by atoms with Crippen LogP contribution in [0.15, 0.2) is 48.5 Å². The number of rotatable bonds is 9. The number of para-hydroxylation sites is 2. The van der Waals surface area contributed by atoms with Gasteiger partial charge in [-0.3, -0.25) is 0 Å². The quantitative estimate of drug-likeness (QED) is 0.552. The van der Waals surface area contributed by atoms with Crippen molar-refractivity contribution in [3.8, 4) is 11.5 Å². The zero-order valence-corrected chi connectivity index (χ0v) is 17.7. The molecule has 1 aliphatic rings. The molecule has 2 aromatic carbocycles. The molecule has 164 valence electrons. The van der Waals surface area contributed by atoms with E-state index in [9.17, 15) is 9.50 Å². The van der Waals surface area contributed by atoms with E-state index in [1.165, 1.54) is 19.2 Å². The van der Waals surface area contributed by atoms with Gasteiger partial charge in [-0.2, -0.15) is 0 Å². The molecule has 0 spiro atoms. The lowest BCUT2D eigenvalue weighted by Crippen LogP contribution is -2.55. The summed E-state index contributed by atoms with van der Waals surface area (Å²) in [6.07, 6.45) is -1.32. The third-order valence-corrected chi connectivity index (χ3v) is 5.90. The van der Waals surface area contributed by atoms with Gasteiger partial charge < -0.3 is 19.9 Å². The number of aliphatic hydroxyl groups is 1. The summed E-state index contributed by atoms with van der Waals surface area (Å²) in [6, 6.07) is 13.1. The van der Waals surface area contributed by atoms with Crippen LogP contribution in [0.5, 0.6) is 11.5 Å². The first-order valence-electron chi connectivity index (χ1n) is 10.2. The van der Waals surface area contributed by atoms with Gasteiger partial charge in [0, 0.05) is 31.0 Å². The third-order valence-electron chi connectivity index (χ3n) is 5.68. The lowest BCUT2D eigenvalue weighted by molar-refractivity contribution is -0.164. The zero-order valence-electron chi connectivity index (χ0n) is 17.0. The molecule has 2 N–H and O–H groups in total. The topological polar surface area (TPSA) is 50.7 Å². The Balaban J connectivity index is 2.12. The first-order chi connectivity index (χ1) is 14.5. The number of alkyl halides is 2. The number of benzene rings is 2. The van der Waals surface area contributed by atoms with Crippen LogP contribution in [-0.2, 0) is 10.3 Å². The first kappa shape index (κ1) is 22.9. The van der Waals surface area contributed by atoms with Crippen molar-refractivity contribution in [3.05, 3.63) is 59.9 Å². The normalized spacial score (nSPS) is 20.9. The molecule has 1 aliphatic heterocycles. The van der Waals surface area contributed by atoms with Crippen molar-refractivity contribution in [3.63, 3.8) is 0 Å². The fourth-order valence-corrected chi connectivity index (χ4v) is 4.43. The Hall–Kier alpha value is -1.73.